The molecule has 4 rings (SSSR count). The number of aryl methyl sites for hydroxylation is 3. The van der Waals surface area contributed by atoms with Gasteiger partial charge < -0.3 is 5.32 Å². The Morgan fingerprint density at radius 2 is 1.83 bits per heavy atom. The van der Waals surface area contributed by atoms with Crippen molar-refractivity contribution in [3.63, 3.8) is 0 Å². The van der Waals surface area contributed by atoms with Crippen LogP contribution in [0.5, 0.6) is 0 Å². The molecule has 5 nitrogen and oxygen atoms in total. The molecule has 152 valence electrons. The molecular weight excluding hydrogens is 372 g/mol. The fourth-order valence-corrected chi connectivity index (χ4v) is 4.06. The number of pyridine rings is 1. The SMILES string of the molecule is Cc1ccc(C(C)NC(=O)Cn2nc(C)c3c(-c4ccccc4)ccnc32)c(C)c1. The van der Waals surface area contributed by atoms with Crippen LogP contribution in [0.2, 0.25) is 0 Å². The van der Waals surface area contributed by atoms with Gasteiger partial charge in [-0.15, -0.1) is 0 Å². The number of amides is 1. The van der Waals surface area contributed by atoms with E-state index < -0.39 is 0 Å². The second-order valence-corrected chi connectivity index (χ2v) is 7.82. The van der Waals surface area contributed by atoms with Gasteiger partial charge in [0.1, 0.15) is 6.54 Å². The van der Waals surface area contributed by atoms with Crippen LogP contribution in [0.15, 0.2) is 60.8 Å². The number of fused-ring (bicyclic) bond motifs is 1. The van der Waals surface area contributed by atoms with E-state index in [1.54, 1.807) is 10.9 Å². The maximum absolute atomic E-state index is 12.8. The second kappa shape index (κ2) is 8.11. The third-order valence-corrected chi connectivity index (χ3v) is 5.46. The summed E-state index contributed by atoms with van der Waals surface area (Å²) in [6.07, 6.45) is 1.78. The third-order valence-electron chi connectivity index (χ3n) is 5.46. The Labute approximate surface area is 176 Å². The van der Waals surface area contributed by atoms with Crippen molar-refractivity contribution in [2.24, 2.45) is 0 Å². The highest BCUT2D eigenvalue weighted by Gasteiger charge is 2.17. The molecule has 0 radical (unpaired) electrons. The Morgan fingerprint density at radius 1 is 1.07 bits per heavy atom. The lowest BCUT2D eigenvalue weighted by molar-refractivity contribution is -0.122. The lowest BCUT2D eigenvalue weighted by Crippen LogP contribution is -2.30. The van der Waals surface area contributed by atoms with Gasteiger partial charge >= 0.3 is 0 Å². The second-order valence-electron chi connectivity index (χ2n) is 7.82. The molecule has 0 aliphatic carbocycles. The number of rotatable bonds is 5. The molecule has 1 atom stereocenters. The molecular formula is C25H26N4O. The van der Waals surface area contributed by atoms with Gasteiger partial charge in [0.05, 0.1) is 11.7 Å². The van der Waals surface area contributed by atoms with Crippen molar-refractivity contribution in [3.8, 4) is 11.1 Å². The number of carbonyl (C=O) groups excluding carboxylic acids is 1. The summed E-state index contributed by atoms with van der Waals surface area (Å²) in [4.78, 5) is 17.3. The predicted octanol–water partition coefficient (Wildman–Crippen LogP) is 4.90. The minimum absolute atomic E-state index is 0.0751. The van der Waals surface area contributed by atoms with Crippen LogP contribution in [-0.4, -0.2) is 20.7 Å². The van der Waals surface area contributed by atoms with Crippen LogP contribution in [-0.2, 0) is 11.3 Å². The Kier molecular flexibility index (Phi) is 5.36. The molecule has 0 spiro atoms. The molecule has 2 aromatic carbocycles. The average Bonchev–Trinajstić information content (AvgIpc) is 3.04. The summed E-state index contributed by atoms with van der Waals surface area (Å²) >= 11 is 0. The van der Waals surface area contributed by atoms with Crippen molar-refractivity contribution in [3.05, 3.63) is 83.2 Å². The largest absolute Gasteiger partial charge is 0.348 e. The van der Waals surface area contributed by atoms with Crippen molar-refractivity contribution in [2.45, 2.75) is 40.3 Å². The number of hydrogen-bond donors (Lipinski definition) is 1. The van der Waals surface area contributed by atoms with E-state index in [1.807, 2.05) is 38.1 Å². The van der Waals surface area contributed by atoms with E-state index in [2.05, 4.69) is 59.6 Å². The minimum atomic E-state index is -0.0845. The van der Waals surface area contributed by atoms with Gasteiger partial charge in [-0.25, -0.2) is 9.67 Å². The first-order chi connectivity index (χ1) is 14.4. The van der Waals surface area contributed by atoms with Gasteiger partial charge in [0.2, 0.25) is 5.91 Å². The molecule has 4 aromatic rings. The monoisotopic (exact) mass is 398 g/mol. The molecule has 0 saturated heterocycles. The highest BCUT2D eigenvalue weighted by molar-refractivity contribution is 5.95. The van der Waals surface area contributed by atoms with Crippen LogP contribution < -0.4 is 5.32 Å². The molecule has 0 fully saturated rings. The fraction of sp³-hybridized carbons (Fsp3) is 0.240. The highest BCUT2D eigenvalue weighted by atomic mass is 16.2. The average molecular weight is 399 g/mol. The first-order valence-electron chi connectivity index (χ1n) is 10.2. The molecule has 2 aromatic heterocycles. The van der Waals surface area contributed by atoms with Crippen molar-refractivity contribution in [1.29, 1.82) is 0 Å². The van der Waals surface area contributed by atoms with Gasteiger partial charge in [-0.3, -0.25) is 4.79 Å². The van der Waals surface area contributed by atoms with Gasteiger partial charge in [0.15, 0.2) is 5.65 Å². The number of carbonyl (C=O) groups is 1. The molecule has 0 bridgehead atoms. The van der Waals surface area contributed by atoms with Gasteiger partial charge in [-0.1, -0.05) is 54.1 Å². The molecule has 0 aliphatic rings. The van der Waals surface area contributed by atoms with Crippen LogP contribution >= 0.6 is 0 Å². The van der Waals surface area contributed by atoms with Gasteiger partial charge in [-0.2, -0.15) is 5.10 Å². The Hall–Kier alpha value is -3.47. The van der Waals surface area contributed by atoms with Gasteiger partial charge in [0.25, 0.3) is 0 Å². The van der Waals surface area contributed by atoms with Gasteiger partial charge in [0, 0.05) is 11.6 Å². The maximum atomic E-state index is 12.8. The molecule has 1 N–H and O–H groups in total. The lowest BCUT2D eigenvalue weighted by Gasteiger charge is -2.17. The normalized spacial score (nSPS) is 12.1. The predicted molar refractivity (Wildman–Crippen MR) is 120 cm³/mol. The van der Waals surface area contributed by atoms with Crippen LogP contribution in [0.25, 0.3) is 22.2 Å². The fourth-order valence-electron chi connectivity index (χ4n) is 4.06. The summed E-state index contributed by atoms with van der Waals surface area (Å²) in [6, 6.07) is 18.4. The summed E-state index contributed by atoms with van der Waals surface area (Å²) in [5.74, 6) is -0.0845. The standard InChI is InChI=1S/C25H26N4O/c1-16-10-11-21(17(2)14-16)18(3)27-23(30)15-29-25-24(19(4)28-29)22(12-13-26-25)20-8-6-5-7-9-20/h5-14,18H,15H2,1-4H3,(H,27,30). The van der Waals surface area contributed by atoms with Crippen molar-refractivity contribution >= 4 is 16.9 Å². The van der Waals surface area contributed by atoms with E-state index in [0.717, 1.165) is 33.4 Å². The molecule has 1 unspecified atom stereocenters. The molecule has 30 heavy (non-hydrogen) atoms. The van der Waals surface area contributed by atoms with Crippen molar-refractivity contribution < 1.29 is 4.79 Å². The highest BCUT2D eigenvalue weighted by Crippen LogP contribution is 2.29. The van der Waals surface area contributed by atoms with E-state index >= 15 is 0 Å². The zero-order chi connectivity index (χ0) is 21.3. The Balaban J connectivity index is 1.59. The van der Waals surface area contributed by atoms with Crippen LogP contribution in [0.1, 0.15) is 35.3 Å². The zero-order valence-electron chi connectivity index (χ0n) is 17.8. The summed E-state index contributed by atoms with van der Waals surface area (Å²) in [5.41, 5.74) is 7.30. The van der Waals surface area contributed by atoms with Crippen molar-refractivity contribution in [1.82, 2.24) is 20.1 Å². The number of nitrogens with one attached hydrogen (secondary N) is 1. The van der Waals surface area contributed by atoms with E-state index in [9.17, 15) is 4.79 Å². The van der Waals surface area contributed by atoms with E-state index in [-0.39, 0.29) is 18.5 Å². The first kappa shape index (κ1) is 19.8. The lowest BCUT2D eigenvalue weighted by atomic mass is 10.0. The molecule has 0 saturated carbocycles. The number of nitrogens with zero attached hydrogens (tertiary/aromatic N) is 3. The summed E-state index contributed by atoms with van der Waals surface area (Å²) in [6.45, 7) is 8.24. The Bertz CT molecular complexity index is 1210. The summed E-state index contributed by atoms with van der Waals surface area (Å²) in [7, 11) is 0. The quantitative estimate of drug-likeness (QED) is 0.520. The third kappa shape index (κ3) is 3.83. The van der Waals surface area contributed by atoms with E-state index in [1.165, 1.54) is 11.1 Å². The number of benzene rings is 2. The van der Waals surface area contributed by atoms with Crippen LogP contribution in [0.3, 0.4) is 0 Å². The van der Waals surface area contributed by atoms with Crippen LogP contribution in [0.4, 0.5) is 0 Å². The van der Waals surface area contributed by atoms with Crippen LogP contribution in [0, 0.1) is 20.8 Å². The number of hydrogen-bond acceptors (Lipinski definition) is 3. The molecule has 0 aliphatic heterocycles. The Morgan fingerprint density at radius 3 is 2.57 bits per heavy atom. The maximum Gasteiger partial charge on any atom is 0.242 e. The van der Waals surface area contributed by atoms with Crippen molar-refractivity contribution in [2.75, 3.05) is 0 Å². The van der Waals surface area contributed by atoms with E-state index in [0.29, 0.717) is 0 Å². The summed E-state index contributed by atoms with van der Waals surface area (Å²) in [5, 5.41) is 8.70. The topological polar surface area (TPSA) is 59.8 Å². The molecule has 5 heteroatoms. The minimum Gasteiger partial charge on any atom is -0.348 e. The summed E-state index contributed by atoms with van der Waals surface area (Å²) < 4.78 is 1.70. The smallest absolute Gasteiger partial charge is 0.242 e. The molecule has 2 heterocycles. The number of aromatic nitrogens is 3. The zero-order valence-corrected chi connectivity index (χ0v) is 17.8. The molecule has 1 amide bonds. The van der Waals surface area contributed by atoms with Gasteiger partial charge in [-0.05, 0) is 56.0 Å². The van der Waals surface area contributed by atoms with E-state index in [4.69, 9.17) is 0 Å². The first-order valence-corrected chi connectivity index (χ1v) is 10.2.